The Morgan fingerprint density at radius 3 is 2.05 bits per heavy atom. The van der Waals surface area contributed by atoms with Crippen molar-refractivity contribution in [3.8, 4) is 5.75 Å². The van der Waals surface area contributed by atoms with E-state index in [9.17, 15) is 29.8 Å². The third-order valence-corrected chi connectivity index (χ3v) is 6.92. The van der Waals surface area contributed by atoms with Gasteiger partial charge in [0.1, 0.15) is 11.8 Å². The highest BCUT2D eigenvalue weighted by Gasteiger charge is 2.28. The number of nitrogens with one attached hydrogen (secondary N) is 1. The Kier molecular flexibility index (Phi) is 14.8. The van der Waals surface area contributed by atoms with E-state index in [0.29, 0.717) is 19.3 Å². The van der Waals surface area contributed by atoms with Gasteiger partial charge in [-0.25, -0.2) is 0 Å². The predicted octanol–water partition coefficient (Wildman–Crippen LogP) is 7.45. The summed E-state index contributed by atoms with van der Waals surface area (Å²) in [6, 6.07) is 9.71. The normalized spacial score (nSPS) is 11.5. The highest BCUT2D eigenvalue weighted by Crippen LogP contribution is 2.40. The van der Waals surface area contributed by atoms with Crippen LogP contribution in [-0.2, 0) is 16.0 Å². The fourth-order valence-corrected chi connectivity index (χ4v) is 4.63. The van der Waals surface area contributed by atoms with Crippen LogP contribution in [0, 0.1) is 20.2 Å². The van der Waals surface area contributed by atoms with Crippen molar-refractivity contribution < 1.29 is 34.4 Å². The molecule has 0 aliphatic heterocycles. The fraction of sp³-hybridized carbons (Fsp3) is 0.533. The van der Waals surface area contributed by atoms with Crippen molar-refractivity contribution in [1.82, 2.24) is 0 Å². The average Bonchev–Trinajstić information content (AvgIpc) is 2.94. The summed E-state index contributed by atoms with van der Waals surface area (Å²) in [7, 11) is 0. The number of aryl methyl sites for hydroxylation is 1. The molecule has 2 aromatic rings. The molecule has 3 N–H and O–H groups in total. The molecule has 0 radical (unpaired) electrons. The van der Waals surface area contributed by atoms with Crippen LogP contribution in [0.25, 0.3) is 0 Å². The number of nitro benzene ring substituents is 2. The van der Waals surface area contributed by atoms with E-state index in [1.807, 2.05) is 24.3 Å². The van der Waals surface area contributed by atoms with Gasteiger partial charge in [-0.15, -0.1) is 0 Å². The van der Waals surface area contributed by atoms with E-state index in [-0.39, 0.29) is 30.8 Å². The number of rotatable bonds is 22. The second kappa shape index (κ2) is 18.3. The second-order valence-electron chi connectivity index (χ2n) is 10.3. The summed E-state index contributed by atoms with van der Waals surface area (Å²) >= 11 is 0. The van der Waals surface area contributed by atoms with Crippen molar-refractivity contribution in [3.05, 3.63) is 67.8 Å². The van der Waals surface area contributed by atoms with Gasteiger partial charge in [0.25, 0.3) is 5.69 Å². The fourth-order valence-electron chi connectivity index (χ4n) is 4.63. The highest BCUT2D eigenvalue weighted by molar-refractivity contribution is 5.72. The Morgan fingerprint density at radius 2 is 1.45 bits per heavy atom. The molecular weight excluding hydrogens is 546 g/mol. The molecule has 0 amide bonds. The van der Waals surface area contributed by atoms with Crippen LogP contribution in [-0.4, -0.2) is 38.5 Å². The largest absolute Gasteiger partial charge is 0.481 e. The number of anilines is 1. The van der Waals surface area contributed by atoms with E-state index in [4.69, 9.17) is 14.9 Å². The number of benzene rings is 2. The molecule has 0 saturated heterocycles. The first kappa shape index (κ1) is 34.0. The molecule has 0 heterocycles. The van der Waals surface area contributed by atoms with Gasteiger partial charge in [0.05, 0.1) is 22.3 Å². The van der Waals surface area contributed by atoms with E-state index in [2.05, 4.69) is 12.2 Å². The smallest absolute Gasteiger partial charge is 0.317 e. The standard InChI is InChI=1S/C30H41N3O9/c1-2-3-4-5-6-7-8-11-22-14-16-23(17-15-22)27(12-9-10-13-29(34)35)42-28-20-24(31-19-18-30(36)37)25(32(38)39)21-26(28)33(40)41/h14-17,20-21,27,31H,2-13,18-19H2,1H3,(H,34,35)(H,36,37). The zero-order chi connectivity index (χ0) is 30.9. The van der Waals surface area contributed by atoms with Gasteiger partial charge in [0.2, 0.25) is 0 Å². The number of carbonyl (C=O) groups is 2. The molecule has 0 aromatic heterocycles. The molecule has 1 atom stereocenters. The Morgan fingerprint density at radius 1 is 0.833 bits per heavy atom. The van der Waals surface area contributed by atoms with Crippen LogP contribution in [0.2, 0.25) is 0 Å². The third-order valence-electron chi connectivity index (χ3n) is 6.92. The molecule has 42 heavy (non-hydrogen) atoms. The molecule has 0 aliphatic carbocycles. The van der Waals surface area contributed by atoms with Gasteiger partial charge in [-0.2, -0.15) is 0 Å². The van der Waals surface area contributed by atoms with Crippen LogP contribution >= 0.6 is 0 Å². The molecule has 12 heteroatoms. The number of hydrogen-bond donors (Lipinski definition) is 3. The van der Waals surface area contributed by atoms with Gasteiger partial charge in [-0.1, -0.05) is 69.7 Å². The zero-order valence-corrected chi connectivity index (χ0v) is 24.1. The summed E-state index contributed by atoms with van der Waals surface area (Å²) in [5.41, 5.74) is 0.616. The van der Waals surface area contributed by atoms with Crippen LogP contribution in [0.4, 0.5) is 17.1 Å². The topological polar surface area (TPSA) is 182 Å². The van der Waals surface area contributed by atoms with Gasteiger partial charge in [-0.3, -0.25) is 29.8 Å². The number of nitro groups is 2. The van der Waals surface area contributed by atoms with Gasteiger partial charge in [0.15, 0.2) is 5.75 Å². The quantitative estimate of drug-likeness (QED) is 0.0710. The maximum absolute atomic E-state index is 11.8. The van der Waals surface area contributed by atoms with Crippen molar-refractivity contribution in [3.63, 3.8) is 0 Å². The first-order valence-electron chi connectivity index (χ1n) is 14.5. The van der Waals surface area contributed by atoms with E-state index >= 15 is 0 Å². The lowest BCUT2D eigenvalue weighted by Crippen LogP contribution is -2.12. The molecule has 12 nitrogen and oxygen atoms in total. The van der Waals surface area contributed by atoms with Crippen LogP contribution < -0.4 is 10.1 Å². The van der Waals surface area contributed by atoms with Gasteiger partial charge >= 0.3 is 17.6 Å². The molecule has 0 saturated carbocycles. The third kappa shape index (κ3) is 12.1. The molecule has 0 fully saturated rings. The number of unbranched alkanes of at least 4 members (excludes halogenated alkanes) is 7. The van der Waals surface area contributed by atoms with Gasteiger partial charge in [-0.05, 0) is 43.2 Å². The van der Waals surface area contributed by atoms with Crippen LogP contribution in [0.5, 0.6) is 5.75 Å². The molecule has 0 aliphatic rings. The molecule has 2 rings (SSSR count). The molecule has 1 unspecified atom stereocenters. The van der Waals surface area contributed by atoms with E-state index in [1.54, 1.807) is 0 Å². The van der Waals surface area contributed by atoms with Crippen molar-refractivity contribution in [2.75, 3.05) is 11.9 Å². The first-order valence-corrected chi connectivity index (χ1v) is 14.5. The Hall–Kier alpha value is -4.22. The lowest BCUT2D eigenvalue weighted by molar-refractivity contribution is -0.394. The first-order chi connectivity index (χ1) is 20.1. The van der Waals surface area contributed by atoms with Gasteiger partial charge in [0, 0.05) is 19.0 Å². The van der Waals surface area contributed by atoms with Crippen molar-refractivity contribution >= 4 is 29.0 Å². The molecule has 0 spiro atoms. The predicted molar refractivity (Wildman–Crippen MR) is 158 cm³/mol. The summed E-state index contributed by atoms with van der Waals surface area (Å²) < 4.78 is 6.12. The SMILES string of the molecule is CCCCCCCCCc1ccc(C(CCCCC(=O)O)Oc2cc(NCCC(=O)O)c([N+](=O)[O-])cc2[N+](=O)[O-])cc1. The summed E-state index contributed by atoms with van der Waals surface area (Å²) in [5, 5.41) is 44.0. The van der Waals surface area contributed by atoms with E-state index < -0.39 is 39.3 Å². The minimum Gasteiger partial charge on any atom is -0.481 e. The number of nitrogens with zero attached hydrogens (tertiary/aromatic N) is 2. The monoisotopic (exact) mass is 587 g/mol. The van der Waals surface area contributed by atoms with Crippen LogP contribution in [0.1, 0.15) is 101 Å². The minimum absolute atomic E-state index is 0.0283. The summed E-state index contributed by atoms with van der Waals surface area (Å²) in [6.07, 6.45) is 9.58. The maximum atomic E-state index is 11.8. The van der Waals surface area contributed by atoms with Crippen molar-refractivity contribution in [2.45, 2.75) is 96.5 Å². The summed E-state index contributed by atoms with van der Waals surface area (Å²) in [4.78, 5) is 43.8. The lowest BCUT2D eigenvalue weighted by atomic mass is 9.99. The summed E-state index contributed by atoms with van der Waals surface area (Å²) in [6.45, 7) is 2.06. The minimum atomic E-state index is -1.11. The highest BCUT2D eigenvalue weighted by atomic mass is 16.6. The van der Waals surface area contributed by atoms with E-state index in [1.165, 1.54) is 32.1 Å². The van der Waals surface area contributed by atoms with Crippen LogP contribution in [0.3, 0.4) is 0 Å². The number of hydrogen-bond acceptors (Lipinski definition) is 8. The molecule has 0 bridgehead atoms. The Balaban J connectivity index is 2.26. The lowest BCUT2D eigenvalue weighted by Gasteiger charge is -2.21. The molecular formula is C30H41N3O9. The molecule has 230 valence electrons. The Bertz CT molecular complexity index is 1190. The Labute approximate surface area is 245 Å². The second-order valence-corrected chi connectivity index (χ2v) is 10.3. The van der Waals surface area contributed by atoms with Gasteiger partial charge < -0.3 is 20.3 Å². The van der Waals surface area contributed by atoms with Crippen LogP contribution in [0.15, 0.2) is 36.4 Å². The number of ether oxygens (including phenoxy) is 1. The van der Waals surface area contributed by atoms with Crippen molar-refractivity contribution in [2.24, 2.45) is 0 Å². The summed E-state index contributed by atoms with van der Waals surface area (Å²) in [5.74, 6) is -2.25. The average molecular weight is 588 g/mol. The van der Waals surface area contributed by atoms with E-state index in [0.717, 1.165) is 42.5 Å². The number of carboxylic acid groups (broad SMARTS) is 2. The number of carboxylic acids is 2. The zero-order valence-electron chi connectivity index (χ0n) is 24.1. The van der Waals surface area contributed by atoms with Crippen molar-refractivity contribution in [1.29, 1.82) is 0 Å². The number of aliphatic carboxylic acids is 2. The maximum Gasteiger partial charge on any atom is 0.317 e. The molecule has 2 aromatic carbocycles.